The van der Waals surface area contributed by atoms with Gasteiger partial charge in [-0.25, -0.2) is 0 Å². The zero-order valence-corrected chi connectivity index (χ0v) is 10.6. The maximum atomic E-state index is 10.1. The second-order valence-electron chi connectivity index (χ2n) is 5.48. The van der Waals surface area contributed by atoms with Crippen molar-refractivity contribution in [1.29, 1.82) is 0 Å². The molecule has 17 heavy (non-hydrogen) atoms. The number of benzene rings is 1. The average molecular weight is 234 g/mol. The Morgan fingerprint density at radius 2 is 1.88 bits per heavy atom. The number of aliphatic hydroxyl groups is 2. The lowest BCUT2D eigenvalue weighted by molar-refractivity contribution is -0.00945. The van der Waals surface area contributed by atoms with Gasteiger partial charge < -0.3 is 10.2 Å². The van der Waals surface area contributed by atoms with Crippen LogP contribution in [0.5, 0.6) is 0 Å². The fourth-order valence-electron chi connectivity index (χ4n) is 2.30. The molecule has 0 amide bonds. The number of hydrogen-bond donors (Lipinski definition) is 2. The Morgan fingerprint density at radius 3 is 2.41 bits per heavy atom. The third kappa shape index (κ3) is 2.70. The van der Waals surface area contributed by atoms with Crippen molar-refractivity contribution in [2.75, 3.05) is 0 Å². The molecule has 2 N–H and O–H groups in total. The summed E-state index contributed by atoms with van der Waals surface area (Å²) in [5.41, 5.74) is 2.15. The van der Waals surface area contributed by atoms with Gasteiger partial charge in [0.05, 0.1) is 6.10 Å². The van der Waals surface area contributed by atoms with E-state index >= 15 is 0 Å². The highest BCUT2D eigenvalue weighted by atomic mass is 16.3. The lowest BCUT2D eigenvalue weighted by Gasteiger charge is -2.27. The average Bonchev–Trinajstić information content (AvgIpc) is 2.25. The third-order valence-corrected chi connectivity index (χ3v) is 3.84. The molecule has 0 aliphatic heterocycles. The Balaban J connectivity index is 2.14. The molecule has 0 radical (unpaired) electrons. The first-order valence-electron chi connectivity index (χ1n) is 6.55. The molecule has 2 atom stereocenters. The van der Waals surface area contributed by atoms with Crippen molar-refractivity contribution in [3.8, 4) is 0 Å². The predicted octanol–water partition coefficient (Wildman–Crippen LogP) is 3.00. The van der Waals surface area contributed by atoms with E-state index in [4.69, 9.17) is 0 Å². The molecule has 1 saturated carbocycles. The van der Waals surface area contributed by atoms with Crippen LogP contribution in [-0.2, 0) is 0 Å². The number of aliphatic hydroxyl groups excluding tert-OH is 2. The van der Waals surface area contributed by atoms with Gasteiger partial charge in [-0.15, -0.1) is 0 Å². The monoisotopic (exact) mass is 234 g/mol. The summed E-state index contributed by atoms with van der Waals surface area (Å²) in [4.78, 5) is 0. The SMILES string of the molecule is CC(C)C(O)C(O)c1cccc(C2CCC2)c1. The Bertz CT molecular complexity index is 369. The van der Waals surface area contributed by atoms with E-state index in [2.05, 4.69) is 12.1 Å². The second-order valence-corrected chi connectivity index (χ2v) is 5.48. The summed E-state index contributed by atoms with van der Waals surface area (Å²) < 4.78 is 0. The zero-order valence-electron chi connectivity index (χ0n) is 10.6. The van der Waals surface area contributed by atoms with Gasteiger partial charge in [-0.05, 0) is 35.8 Å². The lowest BCUT2D eigenvalue weighted by atomic mass is 9.79. The van der Waals surface area contributed by atoms with Gasteiger partial charge in [0.1, 0.15) is 6.10 Å². The van der Waals surface area contributed by atoms with E-state index in [0.29, 0.717) is 5.92 Å². The van der Waals surface area contributed by atoms with Crippen LogP contribution in [0.25, 0.3) is 0 Å². The number of rotatable bonds is 4. The van der Waals surface area contributed by atoms with Crippen LogP contribution in [-0.4, -0.2) is 16.3 Å². The molecular weight excluding hydrogens is 212 g/mol. The molecule has 94 valence electrons. The van der Waals surface area contributed by atoms with Crippen LogP contribution in [0.15, 0.2) is 24.3 Å². The molecule has 2 rings (SSSR count). The fraction of sp³-hybridized carbons (Fsp3) is 0.600. The van der Waals surface area contributed by atoms with Crippen LogP contribution < -0.4 is 0 Å². The first-order chi connectivity index (χ1) is 8.09. The normalized spacial score (nSPS) is 20.1. The van der Waals surface area contributed by atoms with Gasteiger partial charge in [0.25, 0.3) is 0 Å². The third-order valence-electron chi connectivity index (χ3n) is 3.84. The highest BCUT2D eigenvalue weighted by Gasteiger charge is 2.24. The predicted molar refractivity (Wildman–Crippen MR) is 68.8 cm³/mol. The molecule has 1 aliphatic rings. The molecule has 0 spiro atoms. The minimum absolute atomic E-state index is 0.0670. The summed E-state index contributed by atoms with van der Waals surface area (Å²) in [5, 5.41) is 20.0. The van der Waals surface area contributed by atoms with Gasteiger partial charge in [-0.2, -0.15) is 0 Å². The molecule has 0 saturated heterocycles. The molecule has 0 heterocycles. The first-order valence-corrected chi connectivity index (χ1v) is 6.55. The molecule has 0 bridgehead atoms. The largest absolute Gasteiger partial charge is 0.390 e. The lowest BCUT2D eigenvalue weighted by Crippen LogP contribution is -2.24. The highest BCUT2D eigenvalue weighted by Crippen LogP contribution is 2.37. The van der Waals surface area contributed by atoms with Crippen molar-refractivity contribution in [1.82, 2.24) is 0 Å². The van der Waals surface area contributed by atoms with Crippen LogP contribution in [0.1, 0.15) is 56.3 Å². The molecule has 2 nitrogen and oxygen atoms in total. The molecular formula is C15H22O2. The van der Waals surface area contributed by atoms with E-state index in [1.807, 2.05) is 26.0 Å². The molecule has 2 unspecified atom stereocenters. The van der Waals surface area contributed by atoms with E-state index in [1.165, 1.54) is 24.8 Å². The van der Waals surface area contributed by atoms with E-state index < -0.39 is 12.2 Å². The van der Waals surface area contributed by atoms with Gasteiger partial charge in [0.2, 0.25) is 0 Å². The Hall–Kier alpha value is -0.860. The first kappa shape index (κ1) is 12.6. The molecule has 1 fully saturated rings. The Labute approximate surface area is 103 Å². The standard InChI is InChI=1S/C15H22O2/c1-10(2)14(16)15(17)13-8-4-7-12(9-13)11-5-3-6-11/h4,7-11,14-17H,3,5-6H2,1-2H3. The molecule has 2 heteroatoms. The van der Waals surface area contributed by atoms with E-state index in [0.717, 1.165) is 5.56 Å². The van der Waals surface area contributed by atoms with Gasteiger partial charge in [-0.1, -0.05) is 44.5 Å². The van der Waals surface area contributed by atoms with Crippen molar-refractivity contribution in [3.63, 3.8) is 0 Å². The van der Waals surface area contributed by atoms with Crippen LogP contribution in [0, 0.1) is 5.92 Å². The summed E-state index contributed by atoms with van der Waals surface area (Å²) in [5.74, 6) is 0.732. The van der Waals surface area contributed by atoms with Crippen molar-refractivity contribution in [2.24, 2.45) is 5.92 Å². The van der Waals surface area contributed by atoms with Gasteiger partial charge in [0.15, 0.2) is 0 Å². The maximum absolute atomic E-state index is 10.1. The van der Waals surface area contributed by atoms with Crippen molar-refractivity contribution < 1.29 is 10.2 Å². The Kier molecular flexibility index (Phi) is 3.85. The van der Waals surface area contributed by atoms with E-state index in [-0.39, 0.29) is 5.92 Å². The molecule has 1 aromatic carbocycles. The summed E-state index contributed by atoms with van der Waals surface area (Å²) >= 11 is 0. The van der Waals surface area contributed by atoms with E-state index in [1.54, 1.807) is 0 Å². The fourth-order valence-corrected chi connectivity index (χ4v) is 2.30. The van der Waals surface area contributed by atoms with Crippen molar-refractivity contribution >= 4 is 0 Å². The van der Waals surface area contributed by atoms with Crippen molar-refractivity contribution in [3.05, 3.63) is 35.4 Å². The topological polar surface area (TPSA) is 40.5 Å². The Morgan fingerprint density at radius 1 is 1.18 bits per heavy atom. The quantitative estimate of drug-likeness (QED) is 0.840. The maximum Gasteiger partial charge on any atom is 0.105 e. The smallest absolute Gasteiger partial charge is 0.105 e. The number of hydrogen-bond acceptors (Lipinski definition) is 2. The molecule has 0 aromatic heterocycles. The highest BCUT2D eigenvalue weighted by molar-refractivity contribution is 5.29. The van der Waals surface area contributed by atoms with Crippen LogP contribution in [0.2, 0.25) is 0 Å². The zero-order chi connectivity index (χ0) is 12.4. The van der Waals surface area contributed by atoms with Crippen molar-refractivity contribution in [2.45, 2.75) is 51.2 Å². The molecule has 1 aromatic rings. The molecule has 1 aliphatic carbocycles. The van der Waals surface area contributed by atoms with E-state index in [9.17, 15) is 10.2 Å². The van der Waals surface area contributed by atoms with Crippen LogP contribution >= 0.6 is 0 Å². The summed E-state index contributed by atoms with van der Waals surface area (Å²) in [6.45, 7) is 3.84. The summed E-state index contributed by atoms with van der Waals surface area (Å²) in [6, 6.07) is 8.07. The van der Waals surface area contributed by atoms with Gasteiger partial charge in [0, 0.05) is 0 Å². The minimum atomic E-state index is -0.768. The summed E-state index contributed by atoms with van der Waals surface area (Å²) in [7, 11) is 0. The van der Waals surface area contributed by atoms with Gasteiger partial charge in [-0.3, -0.25) is 0 Å². The van der Waals surface area contributed by atoms with Gasteiger partial charge >= 0.3 is 0 Å². The second kappa shape index (κ2) is 5.19. The minimum Gasteiger partial charge on any atom is -0.390 e. The van der Waals surface area contributed by atoms with Crippen LogP contribution in [0.4, 0.5) is 0 Å². The van der Waals surface area contributed by atoms with Crippen LogP contribution in [0.3, 0.4) is 0 Å². The summed E-state index contributed by atoms with van der Waals surface area (Å²) in [6.07, 6.45) is 2.37.